The first-order valence-electron chi connectivity index (χ1n) is 6.30. The highest BCUT2D eigenvalue weighted by Crippen LogP contribution is 2.24. The lowest BCUT2D eigenvalue weighted by Gasteiger charge is -2.33. The largest absolute Gasteiger partial charge is 0.480 e. The number of halogens is 1. The number of carbonyl (C=O) groups is 2. The van der Waals surface area contributed by atoms with Crippen molar-refractivity contribution in [3.8, 4) is 0 Å². The highest BCUT2D eigenvalue weighted by Gasteiger charge is 2.32. The number of carboxylic acids is 1. The molecule has 0 bridgehead atoms. The number of nitrogens with zero attached hydrogens (tertiary/aromatic N) is 1. The molecular formula is C14H16BrNO3. The van der Waals surface area contributed by atoms with Crippen molar-refractivity contribution in [2.75, 3.05) is 6.54 Å². The molecule has 1 amide bonds. The van der Waals surface area contributed by atoms with Gasteiger partial charge in [-0.3, -0.25) is 4.79 Å². The predicted molar refractivity (Wildman–Crippen MR) is 75.2 cm³/mol. The van der Waals surface area contributed by atoms with E-state index in [0.29, 0.717) is 23.0 Å². The van der Waals surface area contributed by atoms with Gasteiger partial charge in [0.15, 0.2) is 0 Å². The molecule has 1 atom stereocenters. The normalized spacial score (nSPS) is 19.3. The van der Waals surface area contributed by atoms with Crippen LogP contribution < -0.4 is 0 Å². The van der Waals surface area contributed by atoms with Crippen molar-refractivity contribution in [2.45, 2.75) is 32.2 Å². The fourth-order valence-corrected chi connectivity index (χ4v) is 3.04. The summed E-state index contributed by atoms with van der Waals surface area (Å²) in [6, 6.07) is 4.77. The van der Waals surface area contributed by atoms with Gasteiger partial charge in [0, 0.05) is 11.0 Å². The number of hydrogen-bond donors (Lipinski definition) is 1. The van der Waals surface area contributed by atoms with Gasteiger partial charge < -0.3 is 10.0 Å². The molecular weight excluding hydrogens is 310 g/mol. The molecule has 0 saturated carbocycles. The van der Waals surface area contributed by atoms with E-state index in [1.54, 1.807) is 6.07 Å². The van der Waals surface area contributed by atoms with Crippen LogP contribution in [0.1, 0.15) is 35.2 Å². The van der Waals surface area contributed by atoms with E-state index in [1.807, 2.05) is 19.1 Å². The molecule has 1 fully saturated rings. The highest BCUT2D eigenvalue weighted by molar-refractivity contribution is 9.10. The molecule has 0 unspecified atom stereocenters. The second-order valence-electron chi connectivity index (χ2n) is 4.83. The molecule has 1 saturated heterocycles. The van der Waals surface area contributed by atoms with Crippen LogP contribution in [-0.2, 0) is 4.79 Å². The van der Waals surface area contributed by atoms with Gasteiger partial charge in [-0.05, 0) is 59.8 Å². The Balaban J connectivity index is 2.28. The summed E-state index contributed by atoms with van der Waals surface area (Å²) in [7, 11) is 0. The van der Waals surface area contributed by atoms with Gasteiger partial charge in [-0.15, -0.1) is 0 Å². The third kappa shape index (κ3) is 2.97. The zero-order chi connectivity index (χ0) is 14.0. The number of piperidine rings is 1. The van der Waals surface area contributed by atoms with Gasteiger partial charge in [0.2, 0.25) is 0 Å². The van der Waals surface area contributed by atoms with E-state index < -0.39 is 12.0 Å². The number of amides is 1. The SMILES string of the molecule is Cc1ccc(C(=O)N2CCCC[C@H]2C(=O)O)c(Br)c1. The van der Waals surface area contributed by atoms with E-state index in [4.69, 9.17) is 0 Å². The summed E-state index contributed by atoms with van der Waals surface area (Å²) < 4.78 is 0.715. The molecule has 1 aromatic carbocycles. The number of aliphatic carboxylic acids is 1. The summed E-state index contributed by atoms with van der Waals surface area (Å²) in [4.78, 5) is 25.2. The van der Waals surface area contributed by atoms with Gasteiger partial charge in [-0.25, -0.2) is 4.79 Å². The summed E-state index contributed by atoms with van der Waals surface area (Å²) in [5.74, 6) is -1.13. The topological polar surface area (TPSA) is 57.6 Å². The minimum absolute atomic E-state index is 0.209. The van der Waals surface area contributed by atoms with Gasteiger partial charge in [0.05, 0.1) is 5.56 Å². The molecule has 102 valence electrons. The first-order valence-corrected chi connectivity index (χ1v) is 7.10. The van der Waals surface area contributed by atoms with E-state index in [-0.39, 0.29) is 5.91 Å². The van der Waals surface area contributed by atoms with E-state index in [1.165, 1.54) is 4.90 Å². The minimum Gasteiger partial charge on any atom is -0.480 e. The average molecular weight is 326 g/mol. The zero-order valence-corrected chi connectivity index (χ0v) is 12.3. The van der Waals surface area contributed by atoms with Crippen molar-refractivity contribution in [2.24, 2.45) is 0 Å². The molecule has 2 rings (SSSR count). The monoisotopic (exact) mass is 325 g/mol. The summed E-state index contributed by atoms with van der Waals surface area (Å²) in [6.07, 6.45) is 2.25. The van der Waals surface area contributed by atoms with Crippen LogP contribution in [0.25, 0.3) is 0 Å². The molecule has 1 heterocycles. The van der Waals surface area contributed by atoms with E-state index in [0.717, 1.165) is 18.4 Å². The van der Waals surface area contributed by atoms with Gasteiger partial charge in [0.1, 0.15) is 6.04 Å². The van der Waals surface area contributed by atoms with Crippen LogP contribution >= 0.6 is 15.9 Å². The smallest absolute Gasteiger partial charge is 0.326 e. The highest BCUT2D eigenvalue weighted by atomic mass is 79.9. The lowest BCUT2D eigenvalue weighted by molar-refractivity contribution is -0.143. The number of aryl methyl sites for hydroxylation is 1. The fraction of sp³-hybridized carbons (Fsp3) is 0.429. The lowest BCUT2D eigenvalue weighted by Crippen LogP contribution is -2.48. The van der Waals surface area contributed by atoms with Crippen LogP contribution in [0.3, 0.4) is 0 Å². The number of carboxylic acid groups (broad SMARTS) is 1. The first-order chi connectivity index (χ1) is 9.00. The van der Waals surface area contributed by atoms with Gasteiger partial charge in [-0.1, -0.05) is 6.07 Å². The number of rotatable bonds is 2. The van der Waals surface area contributed by atoms with E-state index in [2.05, 4.69) is 15.9 Å². The van der Waals surface area contributed by atoms with Crippen LogP contribution in [0.5, 0.6) is 0 Å². The first kappa shape index (κ1) is 14.1. The Morgan fingerprint density at radius 1 is 1.37 bits per heavy atom. The standard InChI is InChI=1S/C14H16BrNO3/c1-9-5-6-10(11(15)8-9)13(17)16-7-3-2-4-12(16)14(18)19/h5-6,8,12H,2-4,7H2,1H3,(H,18,19)/t12-/m0/s1. The van der Waals surface area contributed by atoms with Crippen LogP contribution in [0.15, 0.2) is 22.7 Å². The molecule has 0 aliphatic carbocycles. The predicted octanol–water partition coefficient (Wildman–Crippen LogP) is 2.84. The fourth-order valence-electron chi connectivity index (χ4n) is 2.38. The third-order valence-corrected chi connectivity index (χ3v) is 4.06. The van der Waals surface area contributed by atoms with Crippen molar-refractivity contribution < 1.29 is 14.7 Å². The summed E-state index contributed by atoms with van der Waals surface area (Å²) in [5, 5.41) is 9.21. The second kappa shape index (κ2) is 5.74. The molecule has 4 nitrogen and oxygen atoms in total. The Bertz CT molecular complexity index is 515. The Morgan fingerprint density at radius 2 is 2.11 bits per heavy atom. The maximum absolute atomic E-state index is 12.5. The summed E-state index contributed by atoms with van der Waals surface area (Å²) in [5.41, 5.74) is 1.58. The lowest BCUT2D eigenvalue weighted by atomic mass is 10.0. The summed E-state index contributed by atoms with van der Waals surface area (Å²) >= 11 is 3.38. The summed E-state index contributed by atoms with van der Waals surface area (Å²) in [6.45, 7) is 2.45. The second-order valence-corrected chi connectivity index (χ2v) is 5.69. The van der Waals surface area contributed by atoms with Crippen molar-refractivity contribution >= 4 is 27.8 Å². The van der Waals surface area contributed by atoms with Crippen LogP contribution in [0.2, 0.25) is 0 Å². The quantitative estimate of drug-likeness (QED) is 0.909. The van der Waals surface area contributed by atoms with E-state index >= 15 is 0 Å². The molecule has 5 heteroatoms. The number of likely N-dealkylation sites (tertiary alicyclic amines) is 1. The average Bonchev–Trinajstić information content (AvgIpc) is 2.38. The Labute approximate surface area is 120 Å². The third-order valence-electron chi connectivity index (χ3n) is 3.40. The molecule has 0 aromatic heterocycles. The van der Waals surface area contributed by atoms with Crippen molar-refractivity contribution in [3.05, 3.63) is 33.8 Å². The van der Waals surface area contributed by atoms with Crippen molar-refractivity contribution in [1.82, 2.24) is 4.90 Å². The molecule has 1 N–H and O–H groups in total. The van der Waals surface area contributed by atoms with Gasteiger partial charge in [-0.2, -0.15) is 0 Å². The maximum atomic E-state index is 12.5. The van der Waals surface area contributed by atoms with Gasteiger partial charge >= 0.3 is 5.97 Å². The number of carbonyl (C=O) groups excluding carboxylic acids is 1. The molecule has 1 aliphatic rings. The van der Waals surface area contributed by atoms with Crippen LogP contribution in [-0.4, -0.2) is 34.5 Å². The minimum atomic E-state index is -0.920. The zero-order valence-electron chi connectivity index (χ0n) is 10.7. The van der Waals surface area contributed by atoms with Crippen LogP contribution in [0.4, 0.5) is 0 Å². The molecule has 0 radical (unpaired) electrons. The molecule has 1 aliphatic heterocycles. The van der Waals surface area contributed by atoms with E-state index in [9.17, 15) is 14.7 Å². The number of hydrogen-bond acceptors (Lipinski definition) is 2. The Morgan fingerprint density at radius 3 is 2.74 bits per heavy atom. The maximum Gasteiger partial charge on any atom is 0.326 e. The van der Waals surface area contributed by atoms with Gasteiger partial charge in [0.25, 0.3) is 5.91 Å². The number of benzene rings is 1. The molecule has 0 spiro atoms. The van der Waals surface area contributed by atoms with Crippen LogP contribution in [0, 0.1) is 6.92 Å². The Kier molecular flexibility index (Phi) is 4.24. The van der Waals surface area contributed by atoms with Crippen molar-refractivity contribution in [1.29, 1.82) is 0 Å². The van der Waals surface area contributed by atoms with Crippen molar-refractivity contribution in [3.63, 3.8) is 0 Å². The molecule has 1 aromatic rings. The Hall–Kier alpha value is -1.36. The molecule has 19 heavy (non-hydrogen) atoms.